The highest BCUT2D eigenvalue weighted by Gasteiger charge is 2.22. The van der Waals surface area contributed by atoms with Crippen molar-refractivity contribution in [3.8, 4) is 11.1 Å². The number of anilines is 1. The van der Waals surface area contributed by atoms with Crippen LogP contribution in [0.25, 0.3) is 22.1 Å². The third-order valence-corrected chi connectivity index (χ3v) is 4.51. The summed E-state index contributed by atoms with van der Waals surface area (Å²) in [5.41, 5.74) is 4.27. The van der Waals surface area contributed by atoms with Gasteiger partial charge in [-0.3, -0.25) is 4.79 Å². The molecule has 1 aromatic heterocycles. The largest absolute Gasteiger partial charge is 0.452 e. The van der Waals surface area contributed by atoms with E-state index in [1.807, 2.05) is 97.9 Å². The van der Waals surface area contributed by atoms with E-state index in [9.17, 15) is 4.79 Å². The zero-order valence-corrected chi connectivity index (χ0v) is 14.8. The standard InChI is InChI=1S/C23H19NO2/c1-24(2)18-14-12-16(13-15-18)21-19-10-6-7-11-20(19)26-23(21)22(25)17-8-4-3-5-9-17/h3-15H,1-2H3. The summed E-state index contributed by atoms with van der Waals surface area (Å²) in [5.74, 6) is 0.281. The molecular weight excluding hydrogens is 322 g/mol. The van der Waals surface area contributed by atoms with Gasteiger partial charge in [0.15, 0.2) is 5.76 Å². The number of ketones is 1. The molecule has 4 rings (SSSR count). The zero-order chi connectivity index (χ0) is 18.1. The molecule has 0 spiro atoms. The molecule has 0 bridgehead atoms. The van der Waals surface area contributed by atoms with Gasteiger partial charge < -0.3 is 9.32 Å². The monoisotopic (exact) mass is 341 g/mol. The first kappa shape index (κ1) is 16.2. The van der Waals surface area contributed by atoms with E-state index < -0.39 is 0 Å². The van der Waals surface area contributed by atoms with Gasteiger partial charge in [-0.05, 0) is 23.8 Å². The summed E-state index contributed by atoms with van der Waals surface area (Å²) < 4.78 is 5.99. The lowest BCUT2D eigenvalue weighted by atomic mass is 9.97. The molecule has 0 aliphatic rings. The van der Waals surface area contributed by atoms with E-state index in [1.165, 1.54) is 0 Å². The van der Waals surface area contributed by atoms with Crippen LogP contribution in [-0.2, 0) is 0 Å². The molecule has 3 aromatic carbocycles. The lowest BCUT2D eigenvalue weighted by Gasteiger charge is -2.12. The molecule has 0 unspecified atom stereocenters. The molecule has 128 valence electrons. The molecule has 4 aromatic rings. The van der Waals surface area contributed by atoms with Crippen LogP contribution in [-0.4, -0.2) is 19.9 Å². The van der Waals surface area contributed by atoms with Crippen molar-refractivity contribution in [3.63, 3.8) is 0 Å². The molecule has 0 atom stereocenters. The van der Waals surface area contributed by atoms with E-state index in [0.29, 0.717) is 11.3 Å². The molecule has 0 aliphatic carbocycles. The summed E-state index contributed by atoms with van der Waals surface area (Å²) >= 11 is 0. The van der Waals surface area contributed by atoms with Crippen molar-refractivity contribution in [1.29, 1.82) is 0 Å². The molecule has 0 N–H and O–H groups in total. The van der Waals surface area contributed by atoms with E-state index in [4.69, 9.17) is 4.42 Å². The quantitative estimate of drug-likeness (QED) is 0.466. The van der Waals surface area contributed by atoms with Crippen LogP contribution >= 0.6 is 0 Å². The highest BCUT2D eigenvalue weighted by molar-refractivity contribution is 6.15. The number of para-hydroxylation sites is 1. The Balaban J connectivity index is 1.91. The summed E-state index contributed by atoms with van der Waals surface area (Å²) in [6.07, 6.45) is 0. The van der Waals surface area contributed by atoms with Crippen molar-refractivity contribution in [2.24, 2.45) is 0 Å². The predicted molar refractivity (Wildman–Crippen MR) is 106 cm³/mol. The van der Waals surface area contributed by atoms with Crippen LogP contribution in [0.2, 0.25) is 0 Å². The van der Waals surface area contributed by atoms with E-state index in [0.717, 1.165) is 27.8 Å². The van der Waals surface area contributed by atoms with Gasteiger partial charge in [-0.25, -0.2) is 0 Å². The van der Waals surface area contributed by atoms with Crippen LogP contribution in [0.4, 0.5) is 5.69 Å². The number of fused-ring (bicyclic) bond motifs is 1. The Morgan fingerprint density at radius 3 is 2.15 bits per heavy atom. The average molecular weight is 341 g/mol. The molecule has 0 aliphatic heterocycles. The number of hydrogen-bond donors (Lipinski definition) is 0. The minimum Gasteiger partial charge on any atom is -0.452 e. The fourth-order valence-electron chi connectivity index (χ4n) is 3.14. The first-order valence-electron chi connectivity index (χ1n) is 8.54. The molecule has 0 saturated carbocycles. The highest BCUT2D eigenvalue weighted by Crippen LogP contribution is 2.36. The maximum atomic E-state index is 13.1. The van der Waals surface area contributed by atoms with Crippen LogP contribution in [0.3, 0.4) is 0 Å². The Morgan fingerprint density at radius 1 is 0.808 bits per heavy atom. The Labute approximate surface area is 152 Å². The van der Waals surface area contributed by atoms with Gasteiger partial charge in [0.1, 0.15) is 5.58 Å². The van der Waals surface area contributed by atoms with E-state index in [1.54, 1.807) is 0 Å². The highest BCUT2D eigenvalue weighted by atomic mass is 16.3. The molecule has 3 heteroatoms. The molecule has 0 fully saturated rings. The SMILES string of the molecule is CN(C)c1ccc(-c2c(C(=O)c3ccccc3)oc3ccccc23)cc1. The predicted octanol–water partition coefficient (Wildman–Crippen LogP) is 5.40. The van der Waals surface area contributed by atoms with Gasteiger partial charge in [-0.2, -0.15) is 0 Å². The maximum absolute atomic E-state index is 13.1. The van der Waals surface area contributed by atoms with Crippen LogP contribution < -0.4 is 4.90 Å². The Hall–Kier alpha value is -3.33. The number of carbonyl (C=O) groups excluding carboxylic acids is 1. The summed E-state index contributed by atoms with van der Waals surface area (Å²) in [4.78, 5) is 15.1. The first-order valence-corrected chi connectivity index (χ1v) is 8.54. The van der Waals surface area contributed by atoms with Gasteiger partial charge >= 0.3 is 0 Å². The second-order valence-electron chi connectivity index (χ2n) is 6.44. The lowest BCUT2D eigenvalue weighted by Crippen LogP contribution is -2.08. The number of carbonyl (C=O) groups is 1. The number of benzene rings is 3. The van der Waals surface area contributed by atoms with Crippen molar-refractivity contribution >= 4 is 22.4 Å². The Kier molecular flexibility index (Phi) is 4.05. The smallest absolute Gasteiger partial charge is 0.228 e. The topological polar surface area (TPSA) is 33.5 Å². The number of nitrogens with zero attached hydrogens (tertiary/aromatic N) is 1. The van der Waals surface area contributed by atoms with Crippen LogP contribution in [0, 0.1) is 0 Å². The van der Waals surface area contributed by atoms with E-state index >= 15 is 0 Å². The number of hydrogen-bond acceptors (Lipinski definition) is 3. The summed E-state index contributed by atoms with van der Waals surface area (Å²) in [5, 5.41) is 0.949. The average Bonchev–Trinajstić information content (AvgIpc) is 3.07. The van der Waals surface area contributed by atoms with Gasteiger partial charge in [-0.1, -0.05) is 60.7 Å². The fourth-order valence-corrected chi connectivity index (χ4v) is 3.14. The van der Waals surface area contributed by atoms with Gasteiger partial charge in [-0.15, -0.1) is 0 Å². The summed E-state index contributed by atoms with van der Waals surface area (Å²) in [7, 11) is 4.01. The van der Waals surface area contributed by atoms with Crippen molar-refractivity contribution in [2.45, 2.75) is 0 Å². The Morgan fingerprint density at radius 2 is 1.46 bits per heavy atom. The second-order valence-corrected chi connectivity index (χ2v) is 6.44. The minimum absolute atomic E-state index is 0.103. The van der Waals surface area contributed by atoms with E-state index in [2.05, 4.69) is 0 Å². The molecule has 1 heterocycles. The van der Waals surface area contributed by atoms with Crippen molar-refractivity contribution in [3.05, 3.63) is 90.2 Å². The van der Waals surface area contributed by atoms with Gasteiger partial charge in [0.2, 0.25) is 5.78 Å². The lowest BCUT2D eigenvalue weighted by molar-refractivity contribution is 0.101. The van der Waals surface area contributed by atoms with E-state index in [-0.39, 0.29) is 5.78 Å². The molecule has 0 amide bonds. The third kappa shape index (κ3) is 2.78. The molecular formula is C23H19NO2. The van der Waals surface area contributed by atoms with Crippen LogP contribution in [0.15, 0.2) is 83.3 Å². The van der Waals surface area contributed by atoms with Crippen LogP contribution in [0.5, 0.6) is 0 Å². The molecule has 0 saturated heterocycles. The van der Waals surface area contributed by atoms with Crippen LogP contribution in [0.1, 0.15) is 16.1 Å². The van der Waals surface area contributed by atoms with Gasteiger partial charge in [0, 0.05) is 36.3 Å². The first-order chi connectivity index (χ1) is 12.6. The maximum Gasteiger partial charge on any atom is 0.228 e. The molecule has 0 radical (unpaired) electrons. The molecule has 3 nitrogen and oxygen atoms in total. The Bertz CT molecular complexity index is 1060. The summed E-state index contributed by atoms with van der Waals surface area (Å²) in [6.45, 7) is 0. The second kappa shape index (κ2) is 6.52. The third-order valence-electron chi connectivity index (χ3n) is 4.51. The van der Waals surface area contributed by atoms with Crippen molar-refractivity contribution < 1.29 is 9.21 Å². The van der Waals surface area contributed by atoms with Gasteiger partial charge in [0.05, 0.1) is 0 Å². The van der Waals surface area contributed by atoms with Gasteiger partial charge in [0.25, 0.3) is 0 Å². The fraction of sp³-hybridized carbons (Fsp3) is 0.0870. The minimum atomic E-state index is -0.103. The molecule has 26 heavy (non-hydrogen) atoms. The number of furan rings is 1. The summed E-state index contributed by atoms with van der Waals surface area (Å²) in [6, 6.07) is 25.2. The number of rotatable bonds is 4. The van der Waals surface area contributed by atoms with Crippen molar-refractivity contribution in [1.82, 2.24) is 0 Å². The normalized spacial score (nSPS) is 10.8. The van der Waals surface area contributed by atoms with Crippen molar-refractivity contribution in [2.75, 3.05) is 19.0 Å². The zero-order valence-electron chi connectivity index (χ0n) is 14.8.